The van der Waals surface area contributed by atoms with Crippen molar-refractivity contribution < 1.29 is 19.1 Å². The van der Waals surface area contributed by atoms with Crippen LogP contribution in [0.4, 0.5) is 0 Å². The maximum Gasteiger partial charge on any atom is 0.234 e. The largest absolute Gasteiger partial charge is 0.493 e. The summed E-state index contributed by atoms with van der Waals surface area (Å²) < 4.78 is 10.6. The molecule has 2 amide bonds. The highest BCUT2D eigenvalue weighted by Gasteiger charge is 2.47. The summed E-state index contributed by atoms with van der Waals surface area (Å²) in [6.45, 7) is 1.08. The standard InChI is InChI=1S/C20H26N2O4/c1-21(11-10-14-8-9-17(25-2)18(12-14)26-3)13-22-19(23)15-6-4-5-7-16(15)20(22)24/h4-5,8-9,12,15-16H,6-7,10-11,13H2,1-3H3/t15-,16+. The third-order valence-corrected chi connectivity index (χ3v) is 5.21. The van der Waals surface area contributed by atoms with E-state index in [9.17, 15) is 9.59 Å². The molecule has 1 heterocycles. The van der Waals surface area contributed by atoms with Crippen LogP contribution in [0.1, 0.15) is 18.4 Å². The Hall–Kier alpha value is -2.34. The van der Waals surface area contributed by atoms with Gasteiger partial charge in [0, 0.05) is 6.54 Å². The Kier molecular flexibility index (Phi) is 5.61. The Labute approximate surface area is 154 Å². The third kappa shape index (κ3) is 3.60. The highest BCUT2D eigenvalue weighted by atomic mass is 16.5. The van der Waals surface area contributed by atoms with E-state index in [1.165, 1.54) is 4.90 Å². The van der Waals surface area contributed by atoms with Crippen LogP contribution >= 0.6 is 0 Å². The molecule has 1 saturated heterocycles. The molecule has 1 fully saturated rings. The molecule has 0 spiro atoms. The second-order valence-corrected chi connectivity index (χ2v) is 6.92. The number of methoxy groups -OCH3 is 2. The van der Waals surface area contributed by atoms with Gasteiger partial charge in [-0.15, -0.1) is 0 Å². The first kappa shape index (κ1) is 18.5. The highest BCUT2D eigenvalue weighted by Crippen LogP contribution is 2.35. The fourth-order valence-corrected chi connectivity index (χ4v) is 3.68. The maximum absolute atomic E-state index is 12.5. The van der Waals surface area contributed by atoms with Crippen LogP contribution in [0.2, 0.25) is 0 Å². The fourth-order valence-electron chi connectivity index (χ4n) is 3.68. The topological polar surface area (TPSA) is 59.1 Å². The van der Waals surface area contributed by atoms with Crippen LogP contribution in [0.3, 0.4) is 0 Å². The van der Waals surface area contributed by atoms with Gasteiger partial charge in [0.05, 0.1) is 32.7 Å². The van der Waals surface area contributed by atoms with E-state index in [2.05, 4.69) is 0 Å². The van der Waals surface area contributed by atoms with Gasteiger partial charge in [0.1, 0.15) is 0 Å². The van der Waals surface area contributed by atoms with E-state index in [0.717, 1.165) is 18.5 Å². The maximum atomic E-state index is 12.5. The van der Waals surface area contributed by atoms with Gasteiger partial charge < -0.3 is 9.47 Å². The number of likely N-dealkylation sites (tertiary alicyclic amines) is 1. The van der Waals surface area contributed by atoms with E-state index < -0.39 is 0 Å². The molecule has 6 nitrogen and oxygen atoms in total. The van der Waals surface area contributed by atoms with Crippen molar-refractivity contribution in [3.8, 4) is 11.5 Å². The minimum absolute atomic E-state index is 0.0256. The minimum Gasteiger partial charge on any atom is -0.493 e. The van der Waals surface area contributed by atoms with E-state index >= 15 is 0 Å². The Balaban J connectivity index is 1.57. The van der Waals surface area contributed by atoms with Crippen LogP contribution in [-0.4, -0.2) is 56.1 Å². The second-order valence-electron chi connectivity index (χ2n) is 6.92. The van der Waals surface area contributed by atoms with Gasteiger partial charge in [-0.05, 0) is 44.0 Å². The van der Waals surface area contributed by atoms with E-state index in [1.54, 1.807) is 14.2 Å². The number of ether oxygens (including phenoxy) is 2. The zero-order valence-corrected chi connectivity index (χ0v) is 15.6. The number of hydrogen-bond acceptors (Lipinski definition) is 5. The molecule has 1 aromatic carbocycles. The molecular weight excluding hydrogens is 332 g/mol. The predicted molar refractivity (Wildman–Crippen MR) is 98.0 cm³/mol. The lowest BCUT2D eigenvalue weighted by molar-refractivity contribution is -0.142. The molecular formula is C20H26N2O4. The summed E-state index contributed by atoms with van der Waals surface area (Å²) in [4.78, 5) is 28.5. The fraction of sp³-hybridized carbons (Fsp3) is 0.500. The van der Waals surface area contributed by atoms with Gasteiger partial charge >= 0.3 is 0 Å². The monoisotopic (exact) mass is 358 g/mol. The van der Waals surface area contributed by atoms with Gasteiger partial charge in [-0.1, -0.05) is 18.2 Å². The molecule has 2 aliphatic rings. The Morgan fingerprint density at radius 2 is 1.65 bits per heavy atom. The van der Waals surface area contributed by atoms with Crippen molar-refractivity contribution in [3.05, 3.63) is 35.9 Å². The number of fused-ring (bicyclic) bond motifs is 1. The SMILES string of the molecule is COc1ccc(CCN(C)CN2C(=O)[C@H]3CC=CC[C@H]3C2=O)cc1OC. The average Bonchev–Trinajstić information content (AvgIpc) is 2.91. The molecule has 1 aliphatic carbocycles. The number of allylic oxidation sites excluding steroid dienone is 2. The van der Waals surface area contributed by atoms with Crippen molar-refractivity contribution in [2.24, 2.45) is 11.8 Å². The molecule has 3 rings (SSSR count). The first-order valence-corrected chi connectivity index (χ1v) is 8.94. The lowest BCUT2D eigenvalue weighted by Gasteiger charge is -2.23. The van der Waals surface area contributed by atoms with Crippen molar-refractivity contribution in [1.29, 1.82) is 0 Å². The van der Waals surface area contributed by atoms with Crippen molar-refractivity contribution in [1.82, 2.24) is 9.80 Å². The minimum atomic E-state index is -0.160. The molecule has 1 aliphatic heterocycles. The predicted octanol–water partition coefficient (Wildman–Crippen LogP) is 2.09. The Morgan fingerprint density at radius 3 is 2.23 bits per heavy atom. The van der Waals surface area contributed by atoms with Crippen LogP contribution in [0.5, 0.6) is 11.5 Å². The number of likely N-dealkylation sites (N-methyl/N-ethyl adjacent to an activating group) is 1. The van der Waals surface area contributed by atoms with Gasteiger partial charge in [-0.25, -0.2) is 0 Å². The summed E-state index contributed by atoms with van der Waals surface area (Å²) in [6.07, 6.45) is 6.18. The summed E-state index contributed by atoms with van der Waals surface area (Å²) in [5.74, 6) is 1.03. The highest BCUT2D eigenvalue weighted by molar-refractivity contribution is 6.05. The third-order valence-electron chi connectivity index (χ3n) is 5.21. The molecule has 6 heteroatoms. The van der Waals surface area contributed by atoms with E-state index in [0.29, 0.717) is 31.0 Å². The smallest absolute Gasteiger partial charge is 0.234 e. The van der Waals surface area contributed by atoms with Gasteiger partial charge in [0.2, 0.25) is 11.8 Å². The number of hydrogen-bond donors (Lipinski definition) is 0. The molecule has 0 saturated carbocycles. The zero-order chi connectivity index (χ0) is 18.7. The summed E-state index contributed by atoms with van der Waals surface area (Å²) >= 11 is 0. The number of nitrogens with zero attached hydrogens (tertiary/aromatic N) is 2. The molecule has 0 aromatic heterocycles. The van der Waals surface area contributed by atoms with E-state index in [-0.39, 0.29) is 23.7 Å². The Bertz CT molecular complexity index is 690. The summed E-state index contributed by atoms with van der Waals surface area (Å²) in [7, 11) is 5.16. The van der Waals surface area contributed by atoms with E-state index in [4.69, 9.17) is 9.47 Å². The number of amides is 2. The van der Waals surface area contributed by atoms with Crippen LogP contribution in [0.15, 0.2) is 30.4 Å². The molecule has 0 N–H and O–H groups in total. The molecule has 140 valence electrons. The van der Waals surface area contributed by atoms with Gasteiger partial charge in [-0.3, -0.25) is 19.4 Å². The van der Waals surface area contributed by atoms with Crippen LogP contribution in [0.25, 0.3) is 0 Å². The van der Waals surface area contributed by atoms with Crippen LogP contribution in [-0.2, 0) is 16.0 Å². The van der Waals surface area contributed by atoms with Crippen molar-refractivity contribution in [2.45, 2.75) is 19.3 Å². The number of rotatable bonds is 7. The quantitative estimate of drug-likeness (QED) is 0.552. The van der Waals surface area contributed by atoms with Gasteiger partial charge in [0.15, 0.2) is 11.5 Å². The summed E-state index contributed by atoms with van der Waals surface area (Å²) in [6, 6.07) is 5.85. The van der Waals surface area contributed by atoms with Gasteiger partial charge in [0.25, 0.3) is 0 Å². The number of imide groups is 1. The van der Waals surface area contributed by atoms with Crippen molar-refractivity contribution >= 4 is 11.8 Å². The molecule has 1 aromatic rings. The summed E-state index contributed by atoms with van der Waals surface area (Å²) in [5.41, 5.74) is 1.12. The molecule has 0 bridgehead atoms. The first-order chi connectivity index (χ1) is 12.5. The van der Waals surface area contributed by atoms with Crippen molar-refractivity contribution in [3.63, 3.8) is 0 Å². The molecule has 0 unspecified atom stereocenters. The van der Waals surface area contributed by atoms with Crippen LogP contribution in [0, 0.1) is 11.8 Å². The Morgan fingerprint density at radius 1 is 1.04 bits per heavy atom. The lowest BCUT2D eigenvalue weighted by atomic mass is 9.85. The van der Waals surface area contributed by atoms with Gasteiger partial charge in [-0.2, -0.15) is 0 Å². The number of benzene rings is 1. The zero-order valence-electron chi connectivity index (χ0n) is 15.6. The van der Waals surface area contributed by atoms with Crippen LogP contribution < -0.4 is 9.47 Å². The van der Waals surface area contributed by atoms with E-state index in [1.807, 2.05) is 42.3 Å². The lowest BCUT2D eigenvalue weighted by Crippen LogP contribution is -2.40. The molecule has 0 radical (unpaired) electrons. The molecule has 2 atom stereocenters. The molecule has 26 heavy (non-hydrogen) atoms. The number of carbonyl (C=O) groups excluding carboxylic acids is 2. The van der Waals surface area contributed by atoms with Crippen molar-refractivity contribution in [2.75, 3.05) is 34.5 Å². The normalized spacial score (nSPS) is 22.1. The average molecular weight is 358 g/mol. The second kappa shape index (κ2) is 7.91. The number of carbonyl (C=O) groups is 2. The first-order valence-electron chi connectivity index (χ1n) is 8.94. The summed E-state index contributed by atoms with van der Waals surface area (Å²) in [5, 5.41) is 0.